The van der Waals surface area contributed by atoms with Crippen LogP contribution in [0, 0.1) is 11.6 Å². The number of pyridine rings is 1. The van der Waals surface area contributed by atoms with E-state index in [-0.39, 0.29) is 24.4 Å². The molecule has 4 N–H and O–H groups in total. The minimum Gasteiger partial charge on any atom is -0.479 e. The molecule has 194 valence electrons. The zero-order chi connectivity index (χ0) is 27.1. The Balaban J connectivity index is 2.04. The maximum atomic E-state index is 14.5. The lowest BCUT2D eigenvalue weighted by Crippen LogP contribution is -2.26. The lowest BCUT2D eigenvalue weighted by Gasteiger charge is -2.15. The summed E-state index contributed by atoms with van der Waals surface area (Å²) in [6.07, 6.45) is -1.42. The topological polar surface area (TPSA) is 150 Å². The molecule has 1 unspecified atom stereocenters. The number of carbonyl (C=O) groups excluding carboxylic acids is 2. The molecule has 1 atom stereocenters. The van der Waals surface area contributed by atoms with Crippen LogP contribution in [0.3, 0.4) is 0 Å². The van der Waals surface area contributed by atoms with E-state index in [1.54, 1.807) is 18.2 Å². The van der Waals surface area contributed by atoms with Gasteiger partial charge in [0, 0.05) is 24.4 Å². The molecule has 0 spiro atoms. The second-order valence-corrected chi connectivity index (χ2v) is 7.61. The fourth-order valence-electron chi connectivity index (χ4n) is 3.19. The molecule has 0 saturated carbocycles. The Hall–Kier alpha value is -4.58. The Bertz CT molecular complexity index is 1330. The number of methoxy groups -OCH3 is 1. The first-order valence-corrected chi connectivity index (χ1v) is 10.9. The second kappa shape index (κ2) is 11.9. The number of benzene rings is 2. The smallest absolute Gasteiger partial charge is 0.396 e. The summed E-state index contributed by atoms with van der Waals surface area (Å²) in [7, 11) is 1.04. The molecule has 3 aromatic rings. The SMILES string of the molecule is CCC(Oc1nc(Oc2cc(NC(=O)C(=O)OC)cc(-c3cccc(CN)c3)c2)c(F)cc1F)C(=O)O. The lowest BCUT2D eigenvalue weighted by molar-refractivity contribution is -0.150. The maximum Gasteiger partial charge on any atom is 0.396 e. The van der Waals surface area contributed by atoms with Crippen LogP contribution in [0.25, 0.3) is 11.1 Å². The van der Waals surface area contributed by atoms with Gasteiger partial charge in [0.1, 0.15) is 5.75 Å². The molecule has 1 aromatic heterocycles. The predicted molar refractivity (Wildman–Crippen MR) is 127 cm³/mol. The Labute approximate surface area is 210 Å². The van der Waals surface area contributed by atoms with Crippen molar-refractivity contribution >= 4 is 23.5 Å². The minimum absolute atomic E-state index is 0.00280. The number of nitrogens with one attached hydrogen (secondary N) is 1. The number of halogens is 2. The first-order chi connectivity index (χ1) is 17.6. The number of hydrogen-bond donors (Lipinski definition) is 3. The number of nitrogens with zero attached hydrogens (tertiary/aromatic N) is 1. The average molecular weight is 515 g/mol. The normalized spacial score (nSPS) is 11.4. The van der Waals surface area contributed by atoms with Crippen molar-refractivity contribution in [1.29, 1.82) is 0 Å². The van der Waals surface area contributed by atoms with E-state index in [1.165, 1.54) is 25.1 Å². The molecule has 1 heterocycles. The number of carboxylic acid groups (broad SMARTS) is 1. The monoisotopic (exact) mass is 515 g/mol. The zero-order valence-corrected chi connectivity index (χ0v) is 19.8. The van der Waals surface area contributed by atoms with Gasteiger partial charge in [-0.2, -0.15) is 4.98 Å². The summed E-state index contributed by atoms with van der Waals surface area (Å²) in [5, 5.41) is 11.5. The van der Waals surface area contributed by atoms with Crippen LogP contribution >= 0.6 is 0 Å². The van der Waals surface area contributed by atoms with Gasteiger partial charge >= 0.3 is 17.8 Å². The van der Waals surface area contributed by atoms with Crippen LogP contribution < -0.4 is 20.5 Å². The van der Waals surface area contributed by atoms with Crippen LogP contribution in [0.4, 0.5) is 14.5 Å². The molecule has 1 amide bonds. The molecule has 0 bridgehead atoms. The molecule has 37 heavy (non-hydrogen) atoms. The van der Waals surface area contributed by atoms with E-state index in [4.69, 9.17) is 20.3 Å². The molecule has 0 aliphatic carbocycles. The van der Waals surface area contributed by atoms with Crippen LogP contribution in [-0.4, -0.2) is 41.2 Å². The van der Waals surface area contributed by atoms with Gasteiger partial charge in [-0.25, -0.2) is 18.4 Å². The number of anilines is 1. The number of aromatic nitrogens is 1. The summed E-state index contributed by atoms with van der Waals surface area (Å²) < 4.78 is 43.8. The van der Waals surface area contributed by atoms with Crippen LogP contribution in [-0.2, 0) is 25.7 Å². The molecule has 0 saturated heterocycles. The summed E-state index contributed by atoms with van der Waals surface area (Å²) in [6, 6.07) is 11.8. The van der Waals surface area contributed by atoms with Gasteiger partial charge in [-0.3, -0.25) is 4.79 Å². The highest BCUT2D eigenvalue weighted by Gasteiger charge is 2.23. The lowest BCUT2D eigenvalue weighted by atomic mass is 10.0. The third kappa shape index (κ3) is 6.76. The van der Waals surface area contributed by atoms with Gasteiger partial charge in [0.2, 0.25) is 0 Å². The summed E-state index contributed by atoms with van der Waals surface area (Å²) in [4.78, 5) is 38.5. The molecule has 0 aliphatic heterocycles. The number of carboxylic acids is 1. The van der Waals surface area contributed by atoms with E-state index in [0.717, 1.165) is 12.7 Å². The second-order valence-electron chi connectivity index (χ2n) is 7.61. The molecule has 12 heteroatoms. The molecule has 0 radical (unpaired) electrons. The average Bonchev–Trinajstić information content (AvgIpc) is 2.88. The van der Waals surface area contributed by atoms with Crippen LogP contribution in [0.15, 0.2) is 48.5 Å². The van der Waals surface area contributed by atoms with E-state index in [2.05, 4.69) is 15.0 Å². The molecule has 10 nitrogen and oxygen atoms in total. The van der Waals surface area contributed by atoms with Crippen molar-refractivity contribution in [2.24, 2.45) is 5.73 Å². The molecular weight excluding hydrogens is 492 g/mol. The van der Waals surface area contributed by atoms with Crippen molar-refractivity contribution in [3.8, 4) is 28.6 Å². The highest BCUT2D eigenvalue weighted by atomic mass is 19.1. The van der Waals surface area contributed by atoms with Crippen molar-refractivity contribution in [2.45, 2.75) is 26.0 Å². The number of nitrogens with two attached hydrogens (primary N) is 1. The van der Waals surface area contributed by atoms with Gasteiger partial charge in [0.25, 0.3) is 11.8 Å². The van der Waals surface area contributed by atoms with E-state index in [1.807, 2.05) is 6.07 Å². The first kappa shape index (κ1) is 27.0. The predicted octanol–water partition coefficient (Wildman–Crippen LogP) is 3.63. The molecule has 0 fully saturated rings. The van der Waals surface area contributed by atoms with Crippen molar-refractivity contribution in [2.75, 3.05) is 12.4 Å². The molecular formula is C25H23F2N3O7. The Morgan fingerprint density at radius 3 is 2.43 bits per heavy atom. The van der Waals surface area contributed by atoms with Gasteiger partial charge in [-0.15, -0.1) is 0 Å². The molecule has 0 aliphatic rings. The summed E-state index contributed by atoms with van der Waals surface area (Å²) in [6.45, 7) is 1.77. The van der Waals surface area contributed by atoms with Gasteiger partial charge in [0.15, 0.2) is 17.7 Å². The number of esters is 1. The van der Waals surface area contributed by atoms with Gasteiger partial charge < -0.3 is 30.4 Å². The van der Waals surface area contributed by atoms with Gasteiger partial charge in [-0.1, -0.05) is 25.1 Å². The largest absolute Gasteiger partial charge is 0.479 e. The van der Waals surface area contributed by atoms with Crippen molar-refractivity contribution < 1.29 is 42.5 Å². The first-order valence-electron chi connectivity index (χ1n) is 10.9. The number of rotatable bonds is 9. The number of amides is 1. The summed E-state index contributed by atoms with van der Waals surface area (Å²) >= 11 is 0. The quantitative estimate of drug-likeness (QED) is 0.287. The molecule has 3 rings (SSSR count). The number of hydrogen-bond acceptors (Lipinski definition) is 8. The van der Waals surface area contributed by atoms with E-state index in [9.17, 15) is 23.2 Å². The van der Waals surface area contributed by atoms with E-state index >= 15 is 0 Å². The minimum atomic E-state index is -1.42. The third-order valence-electron chi connectivity index (χ3n) is 5.01. The fraction of sp³-hybridized carbons (Fsp3) is 0.200. The van der Waals surface area contributed by atoms with E-state index < -0.39 is 47.3 Å². The highest BCUT2D eigenvalue weighted by molar-refractivity contribution is 6.37. The Morgan fingerprint density at radius 2 is 1.78 bits per heavy atom. The Morgan fingerprint density at radius 1 is 1.05 bits per heavy atom. The number of aliphatic carboxylic acids is 1. The maximum absolute atomic E-state index is 14.5. The van der Waals surface area contributed by atoms with E-state index in [0.29, 0.717) is 17.2 Å². The number of ether oxygens (including phenoxy) is 3. The number of carbonyl (C=O) groups is 3. The third-order valence-corrected chi connectivity index (χ3v) is 5.01. The van der Waals surface area contributed by atoms with Crippen LogP contribution in [0.1, 0.15) is 18.9 Å². The summed E-state index contributed by atoms with van der Waals surface area (Å²) in [5.41, 5.74) is 7.77. The molecule has 2 aromatic carbocycles. The summed E-state index contributed by atoms with van der Waals surface area (Å²) in [5.74, 6) is -7.51. The van der Waals surface area contributed by atoms with Crippen LogP contribution in [0.2, 0.25) is 0 Å². The van der Waals surface area contributed by atoms with Crippen molar-refractivity contribution in [3.63, 3.8) is 0 Å². The highest BCUT2D eigenvalue weighted by Crippen LogP contribution is 2.33. The standard InChI is InChI=1S/C25H23F2N3O7/c1-3-20(24(32)33)37-23-19(27)11-18(26)22(30-23)36-17-9-15(14-6-4-5-13(7-14)12-28)8-16(10-17)29-21(31)25(34)35-2/h4-11,20H,3,12,28H2,1-2H3,(H,29,31)(H,32,33). The Kier molecular flexibility index (Phi) is 8.69. The van der Waals surface area contributed by atoms with Crippen molar-refractivity contribution in [3.05, 3.63) is 65.7 Å². The van der Waals surface area contributed by atoms with Gasteiger partial charge in [0.05, 0.1) is 7.11 Å². The fourth-order valence-corrected chi connectivity index (χ4v) is 3.19. The van der Waals surface area contributed by atoms with Crippen molar-refractivity contribution in [1.82, 2.24) is 4.98 Å². The zero-order valence-electron chi connectivity index (χ0n) is 19.8. The van der Waals surface area contributed by atoms with Gasteiger partial charge in [-0.05, 0) is 41.3 Å². The van der Waals surface area contributed by atoms with Crippen LogP contribution in [0.5, 0.6) is 17.5 Å².